The number of nitrogens with two attached hydrogens (primary N) is 1. The van der Waals surface area contributed by atoms with Crippen LogP contribution in [0.3, 0.4) is 0 Å². The minimum absolute atomic E-state index is 0.442. The molecule has 1 atom stereocenters. The summed E-state index contributed by atoms with van der Waals surface area (Å²) in [6, 6.07) is 3.90. The summed E-state index contributed by atoms with van der Waals surface area (Å²) in [5.74, 6) is 0.811. The van der Waals surface area contributed by atoms with Crippen LogP contribution in [0.4, 0.5) is 5.69 Å². The van der Waals surface area contributed by atoms with Gasteiger partial charge in [-0.3, -0.25) is 0 Å². The van der Waals surface area contributed by atoms with E-state index in [1.807, 2.05) is 19.1 Å². The Morgan fingerprint density at radius 1 is 1.50 bits per heavy atom. The van der Waals surface area contributed by atoms with Crippen LogP contribution in [0.15, 0.2) is 16.6 Å². The van der Waals surface area contributed by atoms with Crippen molar-refractivity contribution in [3.8, 4) is 5.75 Å². The highest BCUT2D eigenvalue weighted by Crippen LogP contribution is 2.30. The van der Waals surface area contributed by atoms with Crippen LogP contribution < -0.4 is 10.5 Å². The Morgan fingerprint density at radius 3 is 3.00 bits per heavy atom. The van der Waals surface area contributed by atoms with E-state index in [1.54, 1.807) is 0 Å². The van der Waals surface area contributed by atoms with Gasteiger partial charge in [0, 0.05) is 11.1 Å². The van der Waals surface area contributed by atoms with Crippen LogP contribution in [-0.4, -0.2) is 19.3 Å². The number of ether oxygens (including phenoxy) is 2. The monoisotopic (exact) mass is 313 g/mol. The number of hydrogen-bond donors (Lipinski definition) is 1. The molecule has 1 unspecified atom stereocenters. The SMILES string of the molecule is Cc1cc(Br)cc(N)c1OCCCC1CCCO1. The van der Waals surface area contributed by atoms with E-state index in [4.69, 9.17) is 15.2 Å². The van der Waals surface area contributed by atoms with E-state index in [-0.39, 0.29) is 0 Å². The minimum atomic E-state index is 0.442. The van der Waals surface area contributed by atoms with Crippen LogP contribution in [0.2, 0.25) is 0 Å². The number of rotatable bonds is 5. The molecule has 1 aromatic carbocycles. The second kappa shape index (κ2) is 6.43. The molecule has 0 bridgehead atoms. The molecule has 100 valence electrons. The lowest BCUT2D eigenvalue weighted by Crippen LogP contribution is -2.08. The summed E-state index contributed by atoms with van der Waals surface area (Å²) in [5, 5.41) is 0. The van der Waals surface area contributed by atoms with Gasteiger partial charge >= 0.3 is 0 Å². The van der Waals surface area contributed by atoms with Crippen LogP contribution in [0.25, 0.3) is 0 Å². The fourth-order valence-electron chi connectivity index (χ4n) is 2.31. The lowest BCUT2D eigenvalue weighted by molar-refractivity contribution is 0.0981. The van der Waals surface area contributed by atoms with Gasteiger partial charge in [0.05, 0.1) is 18.4 Å². The predicted octanol–water partition coefficient (Wildman–Crippen LogP) is 3.68. The van der Waals surface area contributed by atoms with Crippen molar-refractivity contribution in [2.45, 2.75) is 38.7 Å². The summed E-state index contributed by atoms with van der Waals surface area (Å²) in [6.45, 7) is 3.63. The molecule has 0 saturated carbocycles. The summed E-state index contributed by atoms with van der Waals surface area (Å²) in [6.07, 6.45) is 4.93. The van der Waals surface area contributed by atoms with Crippen molar-refractivity contribution in [2.24, 2.45) is 0 Å². The molecule has 0 aliphatic carbocycles. The van der Waals surface area contributed by atoms with Crippen molar-refractivity contribution < 1.29 is 9.47 Å². The third-order valence-electron chi connectivity index (χ3n) is 3.21. The first kappa shape index (κ1) is 13.7. The van der Waals surface area contributed by atoms with Gasteiger partial charge in [0.2, 0.25) is 0 Å². The van der Waals surface area contributed by atoms with E-state index < -0.39 is 0 Å². The third kappa shape index (κ3) is 3.62. The Hall–Kier alpha value is -0.740. The van der Waals surface area contributed by atoms with Crippen molar-refractivity contribution in [2.75, 3.05) is 18.9 Å². The van der Waals surface area contributed by atoms with E-state index in [0.717, 1.165) is 35.2 Å². The molecule has 3 nitrogen and oxygen atoms in total. The molecular formula is C14H20BrNO2. The Bertz CT molecular complexity index is 380. The Labute approximate surface area is 117 Å². The average Bonchev–Trinajstić information content (AvgIpc) is 2.79. The zero-order valence-corrected chi connectivity index (χ0v) is 12.3. The van der Waals surface area contributed by atoms with E-state index >= 15 is 0 Å². The van der Waals surface area contributed by atoms with E-state index in [0.29, 0.717) is 18.4 Å². The predicted molar refractivity (Wildman–Crippen MR) is 77.0 cm³/mol. The van der Waals surface area contributed by atoms with Crippen molar-refractivity contribution in [1.82, 2.24) is 0 Å². The van der Waals surface area contributed by atoms with Crippen LogP contribution >= 0.6 is 15.9 Å². The average molecular weight is 314 g/mol. The summed E-state index contributed by atoms with van der Waals surface area (Å²) in [7, 11) is 0. The van der Waals surface area contributed by atoms with Gasteiger partial charge in [-0.25, -0.2) is 0 Å². The number of hydrogen-bond acceptors (Lipinski definition) is 3. The minimum Gasteiger partial charge on any atom is -0.491 e. The van der Waals surface area contributed by atoms with Gasteiger partial charge in [-0.1, -0.05) is 15.9 Å². The maximum atomic E-state index is 5.95. The molecule has 0 spiro atoms. The quantitative estimate of drug-likeness (QED) is 0.666. The molecule has 1 aliphatic rings. The topological polar surface area (TPSA) is 44.5 Å². The zero-order valence-electron chi connectivity index (χ0n) is 10.7. The molecule has 2 rings (SSSR count). The highest BCUT2D eigenvalue weighted by Gasteiger charge is 2.15. The maximum Gasteiger partial charge on any atom is 0.145 e. The van der Waals surface area contributed by atoms with Crippen molar-refractivity contribution in [1.29, 1.82) is 0 Å². The second-order valence-electron chi connectivity index (χ2n) is 4.77. The summed E-state index contributed by atoms with van der Waals surface area (Å²) >= 11 is 3.42. The standard InChI is InChI=1S/C14H20BrNO2/c1-10-8-11(15)9-13(16)14(10)18-7-3-5-12-4-2-6-17-12/h8-9,12H,2-7,16H2,1H3. The molecular weight excluding hydrogens is 294 g/mol. The fraction of sp³-hybridized carbons (Fsp3) is 0.571. The van der Waals surface area contributed by atoms with E-state index in [9.17, 15) is 0 Å². The highest BCUT2D eigenvalue weighted by molar-refractivity contribution is 9.10. The summed E-state index contributed by atoms with van der Waals surface area (Å²) < 4.78 is 12.4. The Kier molecular flexibility index (Phi) is 4.89. The molecule has 1 fully saturated rings. The zero-order chi connectivity index (χ0) is 13.0. The smallest absolute Gasteiger partial charge is 0.145 e. The highest BCUT2D eigenvalue weighted by atomic mass is 79.9. The molecule has 1 aromatic rings. The number of nitrogen functional groups attached to an aromatic ring is 1. The third-order valence-corrected chi connectivity index (χ3v) is 3.67. The molecule has 0 amide bonds. The van der Waals surface area contributed by atoms with Gasteiger partial charge in [-0.15, -0.1) is 0 Å². The maximum absolute atomic E-state index is 5.95. The van der Waals surface area contributed by atoms with Gasteiger partial charge in [-0.2, -0.15) is 0 Å². The number of benzene rings is 1. The lowest BCUT2D eigenvalue weighted by Gasteiger charge is -2.13. The van der Waals surface area contributed by atoms with Gasteiger partial charge in [0.15, 0.2) is 0 Å². The Morgan fingerprint density at radius 2 is 2.33 bits per heavy atom. The van der Waals surface area contributed by atoms with Crippen molar-refractivity contribution in [3.05, 3.63) is 22.2 Å². The van der Waals surface area contributed by atoms with Crippen LogP contribution in [-0.2, 0) is 4.74 Å². The molecule has 2 N–H and O–H groups in total. The summed E-state index contributed by atoms with van der Waals surface area (Å²) in [4.78, 5) is 0. The molecule has 0 aromatic heterocycles. The van der Waals surface area contributed by atoms with Crippen LogP contribution in [0, 0.1) is 6.92 Å². The molecule has 0 radical (unpaired) electrons. The largest absolute Gasteiger partial charge is 0.491 e. The number of halogens is 1. The first-order valence-electron chi connectivity index (χ1n) is 6.47. The van der Waals surface area contributed by atoms with E-state index in [1.165, 1.54) is 12.8 Å². The summed E-state index contributed by atoms with van der Waals surface area (Å²) in [5.41, 5.74) is 7.71. The fourth-order valence-corrected chi connectivity index (χ4v) is 2.90. The molecule has 4 heteroatoms. The van der Waals surface area contributed by atoms with Gasteiger partial charge in [0.25, 0.3) is 0 Å². The molecule has 1 heterocycles. The lowest BCUT2D eigenvalue weighted by atomic mass is 10.1. The molecule has 1 saturated heterocycles. The molecule has 1 aliphatic heterocycles. The van der Waals surface area contributed by atoms with Gasteiger partial charge in [-0.05, 0) is 50.3 Å². The van der Waals surface area contributed by atoms with Gasteiger partial charge < -0.3 is 15.2 Å². The van der Waals surface area contributed by atoms with Crippen LogP contribution in [0.1, 0.15) is 31.2 Å². The number of aryl methyl sites for hydroxylation is 1. The Balaban J connectivity index is 1.79. The second-order valence-corrected chi connectivity index (χ2v) is 5.68. The van der Waals surface area contributed by atoms with Gasteiger partial charge in [0.1, 0.15) is 5.75 Å². The van der Waals surface area contributed by atoms with Crippen molar-refractivity contribution >= 4 is 21.6 Å². The molecule has 18 heavy (non-hydrogen) atoms. The first-order valence-corrected chi connectivity index (χ1v) is 7.26. The first-order chi connectivity index (χ1) is 8.66. The normalized spacial score (nSPS) is 19.1. The number of anilines is 1. The van der Waals surface area contributed by atoms with Crippen molar-refractivity contribution in [3.63, 3.8) is 0 Å². The van der Waals surface area contributed by atoms with Crippen LogP contribution in [0.5, 0.6) is 5.75 Å². The van der Waals surface area contributed by atoms with E-state index in [2.05, 4.69) is 15.9 Å².